The first kappa shape index (κ1) is 17.1. The molecule has 4 rings (SSSR count). The minimum atomic E-state index is -0.948. The third-order valence-electron chi connectivity index (χ3n) is 4.40. The van der Waals surface area contributed by atoms with E-state index in [1.165, 1.54) is 11.6 Å². The smallest absolute Gasteiger partial charge is 0.328 e. The number of hydrogen-bond donors (Lipinski definition) is 4. The van der Waals surface area contributed by atoms with Crippen molar-refractivity contribution in [1.82, 2.24) is 25.8 Å². The Morgan fingerprint density at radius 2 is 0.929 bits per heavy atom. The minimum Gasteiger partial charge on any atom is -0.342 e. The van der Waals surface area contributed by atoms with Crippen LogP contribution in [0.25, 0.3) is 21.9 Å². The molecule has 140 valence electrons. The highest BCUT2D eigenvalue weighted by Gasteiger charge is 2.33. The van der Waals surface area contributed by atoms with Gasteiger partial charge in [-0.1, -0.05) is 24.3 Å². The molecule has 4 N–H and O–H groups in total. The van der Waals surface area contributed by atoms with Crippen LogP contribution < -0.4 is 32.0 Å². The van der Waals surface area contributed by atoms with Gasteiger partial charge in [-0.25, -0.2) is 9.59 Å². The van der Waals surface area contributed by atoms with Gasteiger partial charge in [-0.3, -0.25) is 40.4 Å². The predicted octanol–water partition coefficient (Wildman–Crippen LogP) is -2.79. The van der Waals surface area contributed by atoms with Crippen LogP contribution in [0.1, 0.15) is 0 Å². The molecular formula is C17H11N5O6. The summed E-state index contributed by atoms with van der Waals surface area (Å²) >= 11 is 0. The van der Waals surface area contributed by atoms with Gasteiger partial charge in [0.25, 0.3) is 23.6 Å². The van der Waals surface area contributed by atoms with Crippen molar-refractivity contribution in [2.75, 3.05) is 0 Å². The van der Waals surface area contributed by atoms with Crippen molar-refractivity contribution in [1.29, 1.82) is 0 Å². The number of benzene rings is 1. The second-order valence-corrected chi connectivity index (χ2v) is 6.03. The first-order valence-corrected chi connectivity index (χ1v) is 7.95. The molecular weight excluding hydrogens is 370 g/mol. The number of fused-ring (bicyclic) bond motifs is 1. The largest absolute Gasteiger partial charge is 0.342 e. The molecule has 0 saturated carbocycles. The number of carbonyl (C=O) groups is 6. The number of imide groups is 4. The molecule has 0 aliphatic carbocycles. The number of carbonyl (C=O) groups excluding carboxylic acids is 6. The van der Waals surface area contributed by atoms with Crippen LogP contribution in [0.5, 0.6) is 0 Å². The van der Waals surface area contributed by atoms with Gasteiger partial charge in [-0.2, -0.15) is 0 Å². The van der Waals surface area contributed by atoms with Gasteiger partial charge < -0.3 is 4.57 Å². The summed E-state index contributed by atoms with van der Waals surface area (Å²) in [5.74, 6) is -3.65. The van der Waals surface area contributed by atoms with Gasteiger partial charge in [-0.15, -0.1) is 0 Å². The van der Waals surface area contributed by atoms with Crippen molar-refractivity contribution in [3.05, 3.63) is 35.0 Å². The number of nitrogens with one attached hydrogen (secondary N) is 4. The Bertz CT molecular complexity index is 1140. The van der Waals surface area contributed by atoms with Crippen molar-refractivity contribution in [3.8, 4) is 0 Å². The van der Waals surface area contributed by atoms with Gasteiger partial charge in [0.2, 0.25) is 0 Å². The molecule has 1 aromatic heterocycles. The Labute approximate surface area is 155 Å². The zero-order chi connectivity index (χ0) is 20.2. The molecule has 0 radical (unpaired) electrons. The Morgan fingerprint density at radius 3 is 1.25 bits per heavy atom. The minimum absolute atomic E-state index is 0.109. The number of aromatic nitrogens is 1. The Morgan fingerprint density at radius 1 is 0.607 bits per heavy atom. The van der Waals surface area contributed by atoms with E-state index < -0.39 is 35.7 Å². The summed E-state index contributed by atoms with van der Waals surface area (Å²) in [5.41, 5.74) is -0.698. The zero-order valence-electron chi connectivity index (χ0n) is 14.2. The summed E-state index contributed by atoms with van der Waals surface area (Å²) < 4.78 is 1.33. The van der Waals surface area contributed by atoms with Crippen molar-refractivity contribution in [3.63, 3.8) is 0 Å². The molecule has 0 spiro atoms. The molecule has 2 aliphatic rings. The van der Waals surface area contributed by atoms with E-state index in [0.29, 0.717) is 10.8 Å². The van der Waals surface area contributed by atoms with Gasteiger partial charge in [0.05, 0.1) is 10.7 Å². The SMILES string of the molecule is Cn1c(=C2C(=O)NC(=O)NC2=O)c2ccccc2c1=C1C(=O)NC(=O)NC1=O. The maximum absolute atomic E-state index is 12.3. The molecule has 0 atom stereocenters. The molecule has 11 nitrogen and oxygen atoms in total. The van der Waals surface area contributed by atoms with E-state index in [0.717, 1.165) is 0 Å². The first-order chi connectivity index (χ1) is 13.3. The maximum atomic E-state index is 12.3. The summed E-state index contributed by atoms with van der Waals surface area (Å²) in [7, 11) is 1.46. The number of nitrogens with zero attached hydrogens (tertiary/aromatic N) is 1. The number of urea groups is 2. The fourth-order valence-corrected chi connectivity index (χ4v) is 3.34. The van der Waals surface area contributed by atoms with E-state index in [4.69, 9.17) is 0 Å². The summed E-state index contributed by atoms with van der Waals surface area (Å²) in [4.78, 5) is 72.0. The Balaban J connectivity index is 2.21. The Hall–Kier alpha value is -4.28. The standard InChI is InChI=1S/C17H11N5O6/c1-22-10(8-12(23)18-16(27)19-13(8)24)6-4-2-3-5-7(6)11(22)9-14(25)20-17(28)21-15(9)26/h2-5H,1H3,(H2,18,19,23,24,27)(H2,20,21,25,26,28). The topological polar surface area (TPSA) is 155 Å². The third-order valence-corrected chi connectivity index (χ3v) is 4.40. The quantitative estimate of drug-likeness (QED) is 0.387. The van der Waals surface area contributed by atoms with Crippen LogP contribution in [0, 0.1) is 0 Å². The summed E-state index contributed by atoms with van der Waals surface area (Å²) in [6.45, 7) is 0. The molecule has 2 aliphatic heterocycles. The van der Waals surface area contributed by atoms with Gasteiger partial charge in [0.1, 0.15) is 11.1 Å². The average Bonchev–Trinajstić information content (AvgIpc) is 2.87. The molecule has 2 saturated heterocycles. The van der Waals surface area contributed by atoms with Crippen LogP contribution in [0.3, 0.4) is 0 Å². The van der Waals surface area contributed by atoms with E-state index in [9.17, 15) is 28.8 Å². The lowest BCUT2D eigenvalue weighted by molar-refractivity contribution is -0.122. The second kappa shape index (κ2) is 5.87. The van der Waals surface area contributed by atoms with Gasteiger partial charge >= 0.3 is 12.1 Å². The predicted molar refractivity (Wildman–Crippen MR) is 92.3 cm³/mol. The van der Waals surface area contributed by atoms with E-state index in [2.05, 4.69) is 0 Å². The molecule has 2 fully saturated rings. The molecule has 2 aromatic rings. The highest BCUT2D eigenvalue weighted by molar-refractivity contribution is 6.48. The monoisotopic (exact) mass is 381 g/mol. The second-order valence-electron chi connectivity index (χ2n) is 6.03. The van der Waals surface area contributed by atoms with Crippen molar-refractivity contribution in [2.45, 2.75) is 0 Å². The lowest BCUT2D eigenvalue weighted by Gasteiger charge is -2.15. The zero-order valence-corrected chi connectivity index (χ0v) is 14.2. The lowest BCUT2D eigenvalue weighted by atomic mass is 10.1. The van der Waals surface area contributed by atoms with Crippen molar-refractivity contribution in [2.24, 2.45) is 7.05 Å². The molecule has 8 amide bonds. The van der Waals surface area contributed by atoms with Crippen LogP contribution in [-0.2, 0) is 26.2 Å². The maximum Gasteiger partial charge on any atom is 0.328 e. The van der Waals surface area contributed by atoms with E-state index in [-0.39, 0.29) is 21.8 Å². The van der Waals surface area contributed by atoms with Crippen molar-refractivity contribution < 1.29 is 28.8 Å². The molecule has 0 bridgehead atoms. The Kier molecular flexibility index (Phi) is 3.60. The van der Waals surface area contributed by atoms with Crippen LogP contribution >= 0.6 is 0 Å². The highest BCUT2D eigenvalue weighted by Crippen LogP contribution is 2.11. The summed E-state index contributed by atoms with van der Waals surface area (Å²) in [5, 5.41) is 8.99. The fraction of sp³-hybridized carbons (Fsp3) is 0.0588. The fourth-order valence-electron chi connectivity index (χ4n) is 3.34. The van der Waals surface area contributed by atoms with Crippen molar-refractivity contribution >= 4 is 57.6 Å². The molecule has 11 heteroatoms. The molecule has 0 unspecified atom stereocenters. The van der Waals surface area contributed by atoms with E-state index in [1.54, 1.807) is 24.3 Å². The molecule has 1 aromatic carbocycles. The van der Waals surface area contributed by atoms with Gasteiger partial charge in [0.15, 0.2) is 0 Å². The third kappa shape index (κ3) is 2.37. The first-order valence-electron chi connectivity index (χ1n) is 7.95. The normalized spacial score (nSPS) is 17.5. The van der Waals surface area contributed by atoms with E-state index >= 15 is 0 Å². The number of hydrogen-bond acceptors (Lipinski definition) is 6. The van der Waals surface area contributed by atoms with Crippen LogP contribution in [0.15, 0.2) is 24.3 Å². The van der Waals surface area contributed by atoms with E-state index in [1.807, 2.05) is 21.3 Å². The highest BCUT2D eigenvalue weighted by atomic mass is 16.2. The number of amides is 8. The summed E-state index contributed by atoms with van der Waals surface area (Å²) in [6.07, 6.45) is 0. The van der Waals surface area contributed by atoms with Gasteiger partial charge in [0, 0.05) is 17.8 Å². The van der Waals surface area contributed by atoms with Gasteiger partial charge in [-0.05, 0) is 0 Å². The molecule has 28 heavy (non-hydrogen) atoms. The van der Waals surface area contributed by atoms with Crippen LogP contribution in [0.2, 0.25) is 0 Å². The lowest BCUT2D eigenvalue weighted by Crippen LogP contribution is -2.54. The molecule has 3 heterocycles. The number of rotatable bonds is 0. The number of barbiturate groups is 2. The summed E-state index contributed by atoms with van der Waals surface area (Å²) in [6, 6.07) is 4.60. The van der Waals surface area contributed by atoms with Crippen LogP contribution in [-0.4, -0.2) is 40.3 Å². The van der Waals surface area contributed by atoms with Crippen LogP contribution in [0.4, 0.5) is 9.59 Å². The average molecular weight is 381 g/mol.